The van der Waals surface area contributed by atoms with Crippen molar-refractivity contribution in [2.45, 2.75) is 6.17 Å². The molecule has 1 rings (SSSR count). The van der Waals surface area contributed by atoms with Gasteiger partial charge in [-0.25, -0.2) is 0 Å². The molecular formula is C6H9N3O. The second kappa shape index (κ2) is 3.00. The number of allylic oxidation sites excluding steroid dienone is 1. The number of likely N-dealkylation sites (N-methyl/N-ethyl adjacent to an activating group) is 1. The summed E-state index contributed by atoms with van der Waals surface area (Å²) in [5.74, 6) is -0.124. The first kappa shape index (κ1) is 6.80. The largest absolute Gasteiger partial charge is 0.362 e. The summed E-state index contributed by atoms with van der Waals surface area (Å²) in [6, 6.07) is 0. The molecule has 0 saturated carbocycles. The van der Waals surface area contributed by atoms with E-state index in [1.165, 1.54) is 0 Å². The number of aliphatic imine (C=N–C) groups is 1. The fourth-order valence-corrected chi connectivity index (χ4v) is 0.649. The fraction of sp³-hybridized carbons (Fsp3) is 0.333. The number of rotatable bonds is 1. The minimum atomic E-state index is -0.449. The molecule has 10 heavy (non-hydrogen) atoms. The summed E-state index contributed by atoms with van der Waals surface area (Å²) in [4.78, 5) is 14.7. The van der Waals surface area contributed by atoms with Crippen LogP contribution >= 0.6 is 0 Å². The molecule has 0 spiro atoms. The van der Waals surface area contributed by atoms with Crippen LogP contribution in [-0.4, -0.2) is 25.3 Å². The quantitative estimate of drug-likeness (QED) is 0.502. The summed E-state index contributed by atoms with van der Waals surface area (Å²) >= 11 is 0. The first-order valence-electron chi connectivity index (χ1n) is 3.00. The zero-order valence-corrected chi connectivity index (χ0v) is 5.66. The van der Waals surface area contributed by atoms with E-state index in [0.717, 1.165) is 0 Å². The Hall–Kier alpha value is -1.32. The summed E-state index contributed by atoms with van der Waals surface area (Å²) in [5, 5.41) is 5.26. The number of hydrogen-bond donors (Lipinski definition) is 2. The van der Waals surface area contributed by atoms with E-state index < -0.39 is 6.17 Å². The minimum absolute atomic E-state index is 0.124. The average molecular weight is 139 g/mol. The number of nitrogens with zero attached hydrogens (tertiary/aromatic N) is 1. The van der Waals surface area contributed by atoms with Crippen LogP contribution in [0, 0.1) is 0 Å². The van der Waals surface area contributed by atoms with E-state index in [0.29, 0.717) is 0 Å². The lowest BCUT2D eigenvalue weighted by Gasteiger charge is -2.12. The summed E-state index contributed by atoms with van der Waals surface area (Å²) in [6.07, 6.45) is 4.57. The highest BCUT2D eigenvalue weighted by atomic mass is 16.2. The first-order valence-corrected chi connectivity index (χ1v) is 3.00. The van der Waals surface area contributed by atoms with Gasteiger partial charge in [-0.2, -0.15) is 0 Å². The lowest BCUT2D eigenvalue weighted by molar-refractivity contribution is -0.122. The van der Waals surface area contributed by atoms with Gasteiger partial charge in [0.05, 0.1) is 0 Å². The third-order valence-electron chi connectivity index (χ3n) is 1.17. The SMILES string of the molecule is CNC(=O)C1N=CC=CN1. The predicted molar refractivity (Wildman–Crippen MR) is 38.6 cm³/mol. The highest BCUT2D eigenvalue weighted by molar-refractivity contribution is 5.85. The smallest absolute Gasteiger partial charge is 0.264 e. The molecule has 0 saturated heterocycles. The summed E-state index contributed by atoms with van der Waals surface area (Å²) < 4.78 is 0. The molecule has 1 unspecified atom stereocenters. The van der Waals surface area contributed by atoms with E-state index in [9.17, 15) is 4.79 Å². The molecule has 2 N–H and O–H groups in total. The molecule has 1 heterocycles. The predicted octanol–water partition coefficient (Wildman–Crippen LogP) is -0.754. The average Bonchev–Trinajstić information content (AvgIpc) is 2.05. The lowest BCUT2D eigenvalue weighted by atomic mass is 10.4. The van der Waals surface area contributed by atoms with E-state index in [1.807, 2.05) is 0 Å². The Balaban J connectivity index is 2.51. The van der Waals surface area contributed by atoms with Crippen LogP contribution in [0.15, 0.2) is 17.3 Å². The van der Waals surface area contributed by atoms with Crippen molar-refractivity contribution < 1.29 is 4.79 Å². The van der Waals surface area contributed by atoms with Crippen molar-refractivity contribution in [3.63, 3.8) is 0 Å². The number of nitrogens with one attached hydrogen (secondary N) is 2. The van der Waals surface area contributed by atoms with Crippen molar-refractivity contribution in [2.24, 2.45) is 4.99 Å². The minimum Gasteiger partial charge on any atom is -0.362 e. The van der Waals surface area contributed by atoms with Gasteiger partial charge in [0.15, 0.2) is 6.17 Å². The van der Waals surface area contributed by atoms with Crippen LogP contribution in [0.4, 0.5) is 0 Å². The zero-order chi connectivity index (χ0) is 7.40. The highest BCUT2D eigenvalue weighted by Crippen LogP contribution is 1.89. The van der Waals surface area contributed by atoms with Crippen LogP contribution in [0.1, 0.15) is 0 Å². The summed E-state index contributed by atoms with van der Waals surface area (Å²) in [6.45, 7) is 0. The van der Waals surface area contributed by atoms with Gasteiger partial charge < -0.3 is 10.6 Å². The summed E-state index contributed by atoms with van der Waals surface area (Å²) in [5.41, 5.74) is 0. The van der Waals surface area contributed by atoms with Gasteiger partial charge in [0.2, 0.25) is 0 Å². The fourth-order valence-electron chi connectivity index (χ4n) is 0.649. The van der Waals surface area contributed by atoms with Crippen LogP contribution in [0.2, 0.25) is 0 Å². The standard InChI is InChI=1S/C6H9N3O/c1-7-6(10)5-8-3-2-4-9-5/h2-5,8H,1H3,(H,7,10). The molecule has 1 atom stereocenters. The normalized spacial score (nSPS) is 21.9. The van der Waals surface area contributed by atoms with Crippen LogP contribution in [0.3, 0.4) is 0 Å². The first-order chi connectivity index (χ1) is 4.84. The van der Waals surface area contributed by atoms with Crippen LogP contribution in [-0.2, 0) is 4.79 Å². The van der Waals surface area contributed by atoms with E-state index in [-0.39, 0.29) is 5.91 Å². The van der Waals surface area contributed by atoms with Crippen molar-refractivity contribution in [3.05, 3.63) is 12.3 Å². The maximum Gasteiger partial charge on any atom is 0.264 e. The Morgan fingerprint density at radius 3 is 3.10 bits per heavy atom. The van der Waals surface area contributed by atoms with E-state index in [2.05, 4.69) is 15.6 Å². The van der Waals surface area contributed by atoms with Crippen molar-refractivity contribution in [2.75, 3.05) is 7.05 Å². The molecule has 0 bridgehead atoms. The molecule has 4 heteroatoms. The van der Waals surface area contributed by atoms with Crippen molar-refractivity contribution in [1.29, 1.82) is 0 Å². The van der Waals surface area contributed by atoms with E-state index in [4.69, 9.17) is 0 Å². The van der Waals surface area contributed by atoms with Gasteiger partial charge in [-0.1, -0.05) is 0 Å². The number of carbonyl (C=O) groups excluding carboxylic acids is 1. The Morgan fingerprint density at radius 2 is 2.60 bits per heavy atom. The van der Waals surface area contributed by atoms with E-state index in [1.54, 1.807) is 25.5 Å². The molecule has 0 aromatic carbocycles. The third kappa shape index (κ3) is 1.34. The van der Waals surface area contributed by atoms with Crippen molar-refractivity contribution >= 4 is 12.1 Å². The molecule has 1 amide bonds. The maximum atomic E-state index is 10.8. The molecule has 54 valence electrons. The molecule has 0 radical (unpaired) electrons. The highest BCUT2D eigenvalue weighted by Gasteiger charge is 2.12. The molecule has 1 aliphatic rings. The number of amides is 1. The Labute approximate surface area is 59.0 Å². The molecule has 0 fully saturated rings. The zero-order valence-electron chi connectivity index (χ0n) is 5.66. The molecule has 0 aromatic rings. The van der Waals surface area contributed by atoms with Crippen LogP contribution < -0.4 is 10.6 Å². The van der Waals surface area contributed by atoms with Gasteiger partial charge in [-0.3, -0.25) is 9.79 Å². The summed E-state index contributed by atoms with van der Waals surface area (Å²) in [7, 11) is 1.58. The topological polar surface area (TPSA) is 53.5 Å². The van der Waals surface area contributed by atoms with Gasteiger partial charge in [0.25, 0.3) is 5.91 Å². The van der Waals surface area contributed by atoms with Gasteiger partial charge in [-0.05, 0) is 6.08 Å². The van der Waals surface area contributed by atoms with E-state index >= 15 is 0 Å². The molecule has 0 aromatic heterocycles. The van der Waals surface area contributed by atoms with Crippen LogP contribution in [0.25, 0.3) is 0 Å². The second-order valence-corrected chi connectivity index (χ2v) is 1.84. The molecular weight excluding hydrogens is 130 g/mol. The van der Waals surface area contributed by atoms with Crippen LogP contribution in [0.5, 0.6) is 0 Å². The molecule has 4 nitrogen and oxygen atoms in total. The van der Waals surface area contributed by atoms with Gasteiger partial charge in [0, 0.05) is 19.5 Å². The van der Waals surface area contributed by atoms with Crippen molar-refractivity contribution in [1.82, 2.24) is 10.6 Å². The number of hydrogen-bond acceptors (Lipinski definition) is 3. The maximum absolute atomic E-state index is 10.8. The monoisotopic (exact) mass is 139 g/mol. The second-order valence-electron chi connectivity index (χ2n) is 1.84. The van der Waals surface area contributed by atoms with Gasteiger partial charge in [0.1, 0.15) is 0 Å². The lowest BCUT2D eigenvalue weighted by Crippen LogP contribution is -2.40. The Kier molecular flexibility index (Phi) is 2.04. The number of carbonyl (C=O) groups is 1. The van der Waals surface area contributed by atoms with Gasteiger partial charge >= 0.3 is 0 Å². The third-order valence-corrected chi connectivity index (χ3v) is 1.17. The van der Waals surface area contributed by atoms with Crippen molar-refractivity contribution in [3.8, 4) is 0 Å². The molecule has 1 aliphatic heterocycles. The molecule has 0 aliphatic carbocycles. The van der Waals surface area contributed by atoms with Gasteiger partial charge in [-0.15, -0.1) is 0 Å². The Morgan fingerprint density at radius 1 is 1.80 bits per heavy atom. The Bertz CT molecular complexity index is 185.